The van der Waals surface area contributed by atoms with Crippen LogP contribution in [0.5, 0.6) is 0 Å². The molecule has 140 valence electrons. The van der Waals surface area contributed by atoms with E-state index in [0.717, 1.165) is 29.3 Å². The van der Waals surface area contributed by atoms with Crippen LogP contribution in [0.15, 0.2) is 53.4 Å². The van der Waals surface area contributed by atoms with Crippen molar-refractivity contribution in [3.63, 3.8) is 0 Å². The standard InChI is InChI=1S/C13H12N2O2S.C9H12/c1-2-4-9-8(5-3-6-10(9)14)7-11-12(16)15-13(17)18-11;1-3-9-6-4-5-8(2)7-9/h2-7H,14H2,1H3,(H,15,16,17);4-7H,3H2,1-2H3/b4-2-,11-7-;. The zero-order chi connectivity index (χ0) is 19.8. The maximum atomic E-state index is 11.5. The van der Waals surface area contributed by atoms with E-state index in [0.29, 0.717) is 10.6 Å². The summed E-state index contributed by atoms with van der Waals surface area (Å²) in [6.45, 7) is 6.19. The van der Waals surface area contributed by atoms with Gasteiger partial charge in [0.25, 0.3) is 11.1 Å². The van der Waals surface area contributed by atoms with E-state index in [-0.39, 0.29) is 11.1 Å². The van der Waals surface area contributed by atoms with Crippen LogP contribution in [-0.4, -0.2) is 11.1 Å². The maximum Gasteiger partial charge on any atom is 0.290 e. The Morgan fingerprint density at radius 1 is 1.15 bits per heavy atom. The zero-order valence-electron chi connectivity index (χ0n) is 15.8. The Balaban J connectivity index is 0.000000244. The lowest BCUT2D eigenvalue weighted by atomic mass is 10.0. The lowest BCUT2D eigenvalue weighted by molar-refractivity contribution is -0.115. The Morgan fingerprint density at radius 3 is 2.44 bits per heavy atom. The van der Waals surface area contributed by atoms with E-state index in [1.807, 2.05) is 31.2 Å². The first-order valence-electron chi connectivity index (χ1n) is 8.76. The molecule has 3 rings (SSSR count). The number of benzene rings is 2. The van der Waals surface area contributed by atoms with Gasteiger partial charge in [0.15, 0.2) is 0 Å². The molecule has 0 radical (unpaired) electrons. The number of nitrogens with two attached hydrogens (primary N) is 1. The summed E-state index contributed by atoms with van der Waals surface area (Å²) < 4.78 is 0. The average molecular weight is 381 g/mol. The van der Waals surface area contributed by atoms with Crippen LogP contribution in [-0.2, 0) is 11.2 Å². The summed E-state index contributed by atoms with van der Waals surface area (Å²) in [6, 6.07) is 14.1. The predicted octanol–water partition coefficient (Wildman–Crippen LogP) is 5.18. The molecule has 3 N–H and O–H groups in total. The lowest BCUT2D eigenvalue weighted by Gasteiger charge is -2.05. The molecule has 2 amide bonds. The number of nitrogens with one attached hydrogen (secondary N) is 1. The Hall–Kier alpha value is -2.79. The van der Waals surface area contributed by atoms with Crippen LogP contribution in [0.4, 0.5) is 10.5 Å². The Kier molecular flexibility index (Phi) is 7.44. The normalized spacial score (nSPS) is 15.0. The minimum Gasteiger partial charge on any atom is -0.398 e. The summed E-state index contributed by atoms with van der Waals surface area (Å²) in [7, 11) is 0. The molecule has 0 saturated carbocycles. The van der Waals surface area contributed by atoms with Crippen LogP contribution >= 0.6 is 11.8 Å². The average Bonchev–Trinajstić information content (AvgIpc) is 2.95. The van der Waals surface area contributed by atoms with Gasteiger partial charge in [0, 0.05) is 11.3 Å². The molecule has 2 aromatic carbocycles. The Morgan fingerprint density at radius 2 is 1.89 bits per heavy atom. The fourth-order valence-corrected chi connectivity index (χ4v) is 3.25. The van der Waals surface area contributed by atoms with E-state index in [1.165, 1.54) is 11.1 Å². The van der Waals surface area contributed by atoms with E-state index < -0.39 is 0 Å². The number of imide groups is 1. The molecule has 1 saturated heterocycles. The Labute approximate surface area is 164 Å². The molecule has 0 aromatic heterocycles. The van der Waals surface area contributed by atoms with E-state index in [2.05, 4.69) is 43.4 Å². The first-order chi connectivity index (χ1) is 12.9. The molecule has 0 unspecified atom stereocenters. The molecular weight excluding hydrogens is 356 g/mol. The summed E-state index contributed by atoms with van der Waals surface area (Å²) >= 11 is 0.898. The van der Waals surface area contributed by atoms with Gasteiger partial charge in [-0.3, -0.25) is 14.9 Å². The second-order valence-corrected chi connectivity index (χ2v) is 7.06. The molecule has 0 aliphatic carbocycles. The van der Waals surface area contributed by atoms with Gasteiger partial charge in [-0.2, -0.15) is 0 Å². The zero-order valence-corrected chi connectivity index (χ0v) is 16.6. The molecule has 2 aromatic rings. The highest BCUT2D eigenvalue weighted by Gasteiger charge is 2.25. The van der Waals surface area contributed by atoms with Gasteiger partial charge in [-0.25, -0.2) is 0 Å². The summed E-state index contributed by atoms with van der Waals surface area (Å²) in [5.74, 6) is -0.362. The van der Waals surface area contributed by atoms with Crippen molar-refractivity contribution < 1.29 is 9.59 Å². The number of allylic oxidation sites excluding steroid dienone is 1. The van der Waals surface area contributed by atoms with Gasteiger partial charge >= 0.3 is 0 Å². The molecule has 4 nitrogen and oxygen atoms in total. The number of nitrogen functional groups attached to an aromatic ring is 1. The molecule has 0 spiro atoms. The summed E-state index contributed by atoms with van der Waals surface area (Å²) in [5.41, 5.74) is 11.0. The van der Waals surface area contributed by atoms with Crippen molar-refractivity contribution in [1.82, 2.24) is 5.32 Å². The first-order valence-corrected chi connectivity index (χ1v) is 9.57. The van der Waals surface area contributed by atoms with Crippen molar-refractivity contribution in [3.8, 4) is 0 Å². The van der Waals surface area contributed by atoms with Gasteiger partial charge in [-0.05, 0) is 55.3 Å². The third-order valence-electron chi connectivity index (χ3n) is 3.93. The summed E-state index contributed by atoms with van der Waals surface area (Å²) in [4.78, 5) is 22.9. The number of amides is 2. The highest BCUT2D eigenvalue weighted by Crippen LogP contribution is 2.28. The molecule has 0 bridgehead atoms. The van der Waals surface area contributed by atoms with Gasteiger partial charge < -0.3 is 5.73 Å². The van der Waals surface area contributed by atoms with Gasteiger partial charge in [0.2, 0.25) is 0 Å². The van der Waals surface area contributed by atoms with Crippen molar-refractivity contribution in [2.75, 3.05) is 5.73 Å². The fraction of sp³-hybridized carbons (Fsp3) is 0.182. The minimum absolute atomic E-state index is 0.345. The first kappa shape index (κ1) is 20.5. The SMILES string of the molecule is C/C=C\c1c(N)cccc1/C=C1\SC(=O)NC1=O.CCc1cccc(C)c1. The highest BCUT2D eigenvalue weighted by molar-refractivity contribution is 8.18. The van der Waals surface area contributed by atoms with Crippen molar-refractivity contribution in [2.45, 2.75) is 27.2 Å². The highest BCUT2D eigenvalue weighted by atomic mass is 32.2. The molecule has 1 fully saturated rings. The smallest absolute Gasteiger partial charge is 0.290 e. The van der Waals surface area contributed by atoms with Crippen LogP contribution in [0.3, 0.4) is 0 Å². The number of carbonyl (C=O) groups is 2. The molecule has 0 atom stereocenters. The monoisotopic (exact) mass is 380 g/mol. The number of carbonyl (C=O) groups excluding carboxylic acids is 2. The third-order valence-corrected chi connectivity index (χ3v) is 4.74. The topological polar surface area (TPSA) is 72.2 Å². The molecule has 27 heavy (non-hydrogen) atoms. The second-order valence-electron chi connectivity index (χ2n) is 6.04. The van der Waals surface area contributed by atoms with Crippen LogP contribution < -0.4 is 11.1 Å². The minimum atomic E-state index is -0.362. The number of hydrogen-bond acceptors (Lipinski definition) is 4. The molecule has 5 heteroatoms. The summed E-state index contributed by atoms with van der Waals surface area (Å²) in [6.07, 6.45) is 6.57. The lowest BCUT2D eigenvalue weighted by Crippen LogP contribution is -2.17. The van der Waals surface area contributed by atoms with Crippen molar-refractivity contribution in [1.29, 1.82) is 0 Å². The fourth-order valence-electron chi connectivity index (χ4n) is 2.58. The van der Waals surface area contributed by atoms with Gasteiger partial charge in [-0.1, -0.05) is 61.0 Å². The van der Waals surface area contributed by atoms with Gasteiger partial charge in [0.1, 0.15) is 0 Å². The number of aryl methyl sites for hydroxylation is 2. The van der Waals surface area contributed by atoms with E-state index in [9.17, 15) is 9.59 Å². The predicted molar refractivity (Wildman–Crippen MR) is 115 cm³/mol. The number of thioether (sulfide) groups is 1. The third kappa shape index (κ3) is 5.86. The molecule has 1 aliphatic rings. The van der Waals surface area contributed by atoms with Crippen LogP contribution in [0.2, 0.25) is 0 Å². The maximum absolute atomic E-state index is 11.5. The van der Waals surface area contributed by atoms with Crippen molar-refractivity contribution >= 4 is 40.7 Å². The van der Waals surface area contributed by atoms with Gasteiger partial charge in [-0.15, -0.1) is 0 Å². The van der Waals surface area contributed by atoms with E-state index >= 15 is 0 Å². The number of hydrogen-bond donors (Lipinski definition) is 2. The largest absolute Gasteiger partial charge is 0.398 e. The molecule has 1 aliphatic heterocycles. The quantitative estimate of drug-likeness (QED) is 0.568. The molecule has 1 heterocycles. The Bertz CT molecular complexity index is 901. The van der Waals surface area contributed by atoms with Gasteiger partial charge in [0.05, 0.1) is 4.91 Å². The van der Waals surface area contributed by atoms with Crippen molar-refractivity contribution in [3.05, 3.63) is 75.7 Å². The van der Waals surface area contributed by atoms with Crippen molar-refractivity contribution in [2.24, 2.45) is 0 Å². The number of anilines is 1. The van der Waals surface area contributed by atoms with E-state index in [1.54, 1.807) is 12.1 Å². The van der Waals surface area contributed by atoms with Crippen LogP contribution in [0.25, 0.3) is 12.2 Å². The second kappa shape index (κ2) is 9.78. The molecular formula is C22H24N2O2S. The van der Waals surface area contributed by atoms with Crippen LogP contribution in [0.1, 0.15) is 36.1 Å². The van der Waals surface area contributed by atoms with E-state index in [4.69, 9.17) is 5.73 Å². The number of rotatable bonds is 3. The summed E-state index contributed by atoms with van der Waals surface area (Å²) in [5, 5.41) is 1.88. The van der Waals surface area contributed by atoms with Crippen LogP contribution in [0, 0.1) is 6.92 Å².